The molecule has 0 aliphatic heterocycles. The second kappa shape index (κ2) is 7.80. The third-order valence-electron chi connectivity index (χ3n) is 4.24. The van der Waals surface area contributed by atoms with Gasteiger partial charge in [0, 0.05) is 18.6 Å². The van der Waals surface area contributed by atoms with Crippen molar-refractivity contribution in [2.75, 3.05) is 17.8 Å². The van der Waals surface area contributed by atoms with Crippen molar-refractivity contribution >= 4 is 25.4 Å². The van der Waals surface area contributed by atoms with E-state index < -0.39 is 19.7 Å². The topological polar surface area (TPSA) is 80.3 Å². The van der Waals surface area contributed by atoms with Crippen LogP contribution in [-0.2, 0) is 26.1 Å². The fourth-order valence-corrected chi connectivity index (χ4v) is 4.27. The van der Waals surface area contributed by atoms with Gasteiger partial charge in [0.25, 0.3) is 0 Å². The summed E-state index contributed by atoms with van der Waals surface area (Å²) in [6, 6.07) is 12.4. The fourth-order valence-electron chi connectivity index (χ4n) is 2.69. The standard InChI is InChI=1S/C19H25NO4S2/c1-5-16(12-15-8-6-14(2)7-9-15)20-18-11-10-17(25(3,21)22)13-19(18)26(4,23)24/h6-11,13,16,20H,5,12H2,1-4H3. The number of hydrogen-bond acceptors (Lipinski definition) is 5. The minimum Gasteiger partial charge on any atom is -0.381 e. The second-order valence-electron chi connectivity index (χ2n) is 6.64. The average molecular weight is 396 g/mol. The summed E-state index contributed by atoms with van der Waals surface area (Å²) in [6.07, 6.45) is 3.69. The summed E-state index contributed by atoms with van der Waals surface area (Å²) in [5.74, 6) is 0. The molecule has 142 valence electrons. The van der Waals surface area contributed by atoms with Crippen LogP contribution in [-0.4, -0.2) is 35.4 Å². The first kappa shape index (κ1) is 20.5. The van der Waals surface area contributed by atoms with Gasteiger partial charge in [-0.25, -0.2) is 16.8 Å². The summed E-state index contributed by atoms with van der Waals surface area (Å²) in [6.45, 7) is 4.05. The van der Waals surface area contributed by atoms with Gasteiger partial charge in [0.15, 0.2) is 19.7 Å². The van der Waals surface area contributed by atoms with E-state index in [2.05, 4.69) is 17.4 Å². The molecule has 0 spiro atoms. The monoisotopic (exact) mass is 395 g/mol. The maximum atomic E-state index is 12.2. The Hall–Kier alpha value is -1.86. The lowest BCUT2D eigenvalue weighted by atomic mass is 10.0. The molecular weight excluding hydrogens is 370 g/mol. The molecule has 1 unspecified atom stereocenters. The highest BCUT2D eigenvalue weighted by Gasteiger charge is 2.19. The zero-order chi connectivity index (χ0) is 19.5. The number of nitrogens with one attached hydrogen (secondary N) is 1. The lowest BCUT2D eigenvalue weighted by molar-refractivity contribution is 0.600. The van der Waals surface area contributed by atoms with Crippen molar-refractivity contribution in [3.8, 4) is 0 Å². The third kappa shape index (κ3) is 5.32. The Morgan fingerprint density at radius 3 is 2.04 bits per heavy atom. The second-order valence-corrected chi connectivity index (χ2v) is 10.6. The predicted molar refractivity (Wildman–Crippen MR) is 105 cm³/mol. The Kier molecular flexibility index (Phi) is 6.13. The molecule has 1 atom stereocenters. The SMILES string of the molecule is CCC(Cc1ccc(C)cc1)Nc1ccc(S(C)(=O)=O)cc1S(C)(=O)=O. The van der Waals surface area contributed by atoms with Gasteiger partial charge in [-0.1, -0.05) is 36.8 Å². The predicted octanol–water partition coefficient (Wildman–Crippen LogP) is 3.24. The smallest absolute Gasteiger partial charge is 0.177 e. The van der Waals surface area contributed by atoms with Crippen molar-refractivity contribution in [2.24, 2.45) is 0 Å². The number of anilines is 1. The molecule has 0 saturated carbocycles. The lowest BCUT2D eigenvalue weighted by Gasteiger charge is -2.21. The summed E-state index contributed by atoms with van der Waals surface area (Å²) < 4.78 is 47.8. The number of aryl methyl sites for hydroxylation is 1. The summed E-state index contributed by atoms with van der Waals surface area (Å²) in [5, 5.41) is 3.27. The maximum Gasteiger partial charge on any atom is 0.177 e. The van der Waals surface area contributed by atoms with Crippen molar-refractivity contribution < 1.29 is 16.8 Å². The first-order chi connectivity index (χ1) is 12.0. The van der Waals surface area contributed by atoms with Crippen LogP contribution in [0.5, 0.6) is 0 Å². The molecular formula is C19H25NO4S2. The highest BCUT2D eigenvalue weighted by Crippen LogP contribution is 2.26. The van der Waals surface area contributed by atoms with Crippen molar-refractivity contribution in [3.63, 3.8) is 0 Å². The molecule has 26 heavy (non-hydrogen) atoms. The van der Waals surface area contributed by atoms with Gasteiger partial charge in [-0.15, -0.1) is 0 Å². The molecule has 7 heteroatoms. The minimum atomic E-state index is -3.58. The number of rotatable bonds is 7. The summed E-state index contributed by atoms with van der Waals surface area (Å²) in [5.41, 5.74) is 2.77. The first-order valence-electron chi connectivity index (χ1n) is 8.37. The average Bonchev–Trinajstić information content (AvgIpc) is 2.54. The Morgan fingerprint density at radius 1 is 0.923 bits per heavy atom. The third-order valence-corrected chi connectivity index (χ3v) is 6.48. The molecule has 0 fully saturated rings. The Bertz CT molecular complexity index is 979. The van der Waals surface area contributed by atoms with E-state index in [-0.39, 0.29) is 15.8 Å². The van der Waals surface area contributed by atoms with Gasteiger partial charge < -0.3 is 5.32 Å². The van der Waals surface area contributed by atoms with Crippen LogP contribution < -0.4 is 5.32 Å². The Labute approximate surface area is 156 Å². The molecule has 2 aromatic carbocycles. The maximum absolute atomic E-state index is 12.2. The van der Waals surface area contributed by atoms with E-state index >= 15 is 0 Å². The zero-order valence-electron chi connectivity index (χ0n) is 15.5. The van der Waals surface area contributed by atoms with E-state index in [1.54, 1.807) is 0 Å². The van der Waals surface area contributed by atoms with Crippen LogP contribution in [0.15, 0.2) is 52.3 Å². The highest BCUT2D eigenvalue weighted by molar-refractivity contribution is 7.91. The van der Waals surface area contributed by atoms with Crippen molar-refractivity contribution in [1.82, 2.24) is 0 Å². The normalized spacial score (nSPS) is 13.4. The largest absolute Gasteiger partial charge is 0.381 e. The fraction of sp³-hybridized carbons (Fsp3) is 0.368. The van der Waals surface area contributed by atoms with Crippen LogP contribution in [0.3, 0.4) is 0 Å². The number of sulfone groups is 2. The Morgan fingerprint density at radius 2 is 1.54 bits per heavy atom. The molecule has 0 aliphatic rings. The number of hydrogen-bond donors (Lipinski definition) is 1. The van der Waals surface area contributed by atoms with Crippen molar-refractivity contribution in [2.45, 2.75) is 42.5 Å². The van der Waals surface area contributed by atoms with Gasteiger partial charge >= 0.3 is 0 Å². The van der Waals surface area contributed by atoms with E-state index in [4.69, 9.17) is 0 Å². The van der Waals surface area contributed by atoms with Crippen LogP contribution in [0.4, 0.5) is 5.69 Å². The lowest BCUT2D eigenvalue weighted by Crippen LogP contribution is -2.22. The van der Waals surface area contributed by atoms with Crippen LogP contribution in [0.1, 0.15) is 24.5 Å². The van der Waals surface area contributed by atoms with Crippen molar-refractivity contribution in [1.29, 1.82) is 0 Å². The minimum absolute atomic E-state index is 0.00258. The quantitative estimate of drug-likeness (QED) is 0.778. The Balaban J connectivity index is 2.35. The molecule has 2 rings (SSSR count). The van der Waals surface area contributed by atoms with Gasteiger partial charge in [-0.05, 0) is 43.5 Å². The molecule has 1 N–H and O–H groups in total. The van der Waals surface area contributed by atoms with E-state index in [1.165, 1.54) is 23.8 Å². The summed E-state index contributed by atoms with van der Waals surface area (Å²) in [4.78, 5) is -0.00200. The van der Waals surface area contributed by atoms with Crippen molar-refractivity contribution in [3.05, 3.63) is 53.6 Å². The molecule has 5 nitrogen and oxygen atoms in total. The van der Waals surface area contributed by atoms with E-state index in [1.807, 2.05) is 26.0 Å². The molecule has 0 radical (unpaired) electrons. The van der Waals surface area contributed by atoms with Crippen LogP contribution >= 0.6 is 0 Å². The molecule has 0 bridgehead atoms. The van der Waals surface area contributed by atoms with E-state index in [0.29, 0.717) is 5.69 Å². The summed E-state index contributed by atoms with van der Waals surface area (Å²) >= 11 is 0. The molecule has 0 aliphatic carbocycles. The van der Waals surface area contributed by atoms with Crippen LogP contribution in [0.25, 0.3) is 0 Å². The molecule has 0 amide bonds. The van der Waals surface area contributed by atoms with Gasteiger partial charge in [0.2, 0.25) is 0 Å². The molecule has 0 heterocycles. The van der Waals surface area contributed by atoms with E-state index in [9.17, 15) is 16.8 Å². The van der Waals surface area contributed by atoms with Gasteiger partial charge in [0.05, 0.1) is 15.5 Å². The van der Waals surface area contributed by atoms with Crippen LogP contribution in [0.2, 0.25) is 0 Å². The first-order valence-corrected chi connectivity index (χ1v) is 12.1. The van der Waals surface area contributed by atoms with E-state index in [0.717, 1.165) is 30.9 Å². The van der Waals surface area contributed by atoms with Crippen LogP contribution in [0, 0.1) is 6.92 Å². The van der Waals surface area contributed by atoms with Gasteiger partial charge in [0.1, 0.15) is 0 Å². The molecule has 0 saturated heterocycles. The molecule has 0 aromatic heterocycles. The van der Waals surface area contributed by atoms with Gasteiger partial charge in [-0.2, -0.15) is 0 Å². The summed E-state index contributed by atoms with van der Waals surface area (Å²) in [7, 11) is -7.06. The van der Waals surface area contributed by atoms with Gasteiger partial charge in [-0.3, -0.25) is 0 Å². The number of benzene rings is 2. The highest BCUT2D eigenvalue weighted by atomic mass is 32.2. The molecule has 2 aromatic rings. The zero-order valence-corrected chi connectivity index (χ0v) is 17.1.